The number of aldehydes is 1. The van der Waals surface area contributed by atoms with Gasteiger partial charge in [0.15, 0.2) is 11.0 Å². The molecule has 5 nitrogen and oxygen atoms in total. The molecular formula is C31H27FN4OS2. The fourth-order valence-corrected chi connectivity index (χ4v) is 7.05. The third-order valence-electron chi connectivity index (χ3n) is 7.30. The van der Waals surface area contributed by atoms with Gasteiger partial charge in [0.25, 0.3) is 0 Å². The molecule has 0 atom stereocenters. The molecule has 0 saturated carbocycles. The summed E-state index contributed by atoms with van der Waals surface area (Å²) >= 11 is 3.16. The predicted molar refractivity (Wildman–Crippen MR) is 155 cm³/mol. The minimum Gasteiger partial charge on any atom is -0.302 e. The first-order valence-electron chi connectivity index (χ1n) is 13.0. The molecule has 1 aliphatic rings. The van der Waals surface area contributed by atoms with Gasteiger partial charge in [0.2, 0.25) is 0 Å². The Kier molecular flexibility index (Phi) is 7.14. The first-order valence-corrected chi connectivity index (χ1v) is 14.9. The number of fused-ring (bicyclic) bond motifs is 3. The highest BCUT2D eigenvalue weighted by molar-refractivity contribution is 7.99. The van der Waals surface area contributed by atoms with Crippen LogP contribution in [0.5, 0.6) is 0 Å². The second kappa shape index (κ2) is 10.9. The molecule has 0 fully saturated rings. The molecule has 0 unspecified atom stereocenters. The van der Waals surface area contributed by atoms with Crippen LogP contribution in [-0.2, 0) is 10.2 Å². The Morgan fingerprint density at radius 1 is 0.949 bits per heavy atom. The van der Waals surface area contributed by atoms with E-state index in [0.717, 1.165) is 59.6 Å². The van der Waals surface area contributed by atoms with Gasteiger partial charge in [-0.3, -0.25) is 4.57 Å². The van der Waals surface area contributed by atoms with Crippen molar-refractivity contribution in [3.05, 3.63) is 100 Å². The van der Waals surface area contributed by atoms with Crippen molar-refractivity contribution < 1.29 is 9.18 Å². The van der Waals surface area contributed by atoms with Gasteiger partial charge in [-0.2, -0.15) is 0 Å². The van der Waals surface area contributed by atoms with Gasteiger partial charge in [-0.05, 0) is 60.2 Å². The number of rotatable bonds is 10. The van der Waals surface area contributed by atoms with Crippen LogP contribution in [0, 0.1) is 12.7 Å². The number of unbranched alkanes of at least 4 members (excludes halogenated alkanes) is 2. The highest BCUT2D eigenvalue weighted by Crippen LogP contribution is 2.50. The molecule has 1 aliphatic carbocycles. The fourth-order valence-electron chi connectivity index (χ4n) is 5.50. The van der Waals surface area contributed by atoms with E-state index in [1.807, 2.05) is 47.2 Å². The highest BCUT2D eigenvalue weighted by atomic mass is 32.2. The third kappa shape index (κ3) is 4.72. The highest BCUT2D eigenvalue weighted by Gasteiger charge is 2.42. The van der Waals surface area contributed by atoms with Gasteiger partial charge in [0, 0.05) is 11.1 Å². The van der Waals surface area contributed by atoms with Crippen LogP contribution in [0.25, 0.3) is 28.3 Å². The molecule has 0 saturated heterocycles. The van der Waals surface area contributed by atoms with Crippen LogP contribution in [0.1, 0.15) is 41.8 Å². The van der Waals surface area contributed by atoms with Crippen molar-refractivity contribution in [3.8, 4) is 28.3 Å². The third-order valence-corrected chi connectivity index (χ3v) is 9.09. The molecule has 0 aliphatic heterocycles. The summed E-state index contributed by atoms with van der Waals surface area (Å²) in [5.41, 5.74) is 5.38. The average molecular weight is 555 g/mol. The lowest BCUT2D eigenvalue weighted by atomic mass is 9.75. The maximum absolute atomic E-state index is 14.1. The number of aromatic nitrogens is 4. The molecule has 2 heterocycles. The fraction of sp³-hybridized carbons (Fsp3) is 0.226. The quantitative estimate of drug-likeness (QED) is 0.101. The molecule has 2 aromatic heterocycles. The first-order chi connectivity index (χ1) is 19.1. The molecule has 0 amide bonds. The second-order valence-electron chi connectivity index (χ2n) is 9.71. The Morgan fingerprint density at radius 3 is 2.36 bits per heavy atom. The van der Waals surface area contributed by atoms with Crippen molar-refractivity contribution in [1.82, 2.24) is 19.7 Å². The van der Waals surface area contributed by atoms with Crippen molar-refractivity contribution in [2.75, 3.05) is 5.75 Å². The maximum Gasteiger partial charge on any atom is 0.196 e. The number of thiazole rings is 1. The van der Waals surface area contributed by atoms with Crippen molar-refractivity contribution in [1.29, 1.82) is 0 Å². The molecular weight excluding hydrogens is 528 g/mol. The van der Waals surface area contributed by atoms with E-state index in [-0.39, 0.29) is 5.82 Å². The Morgan fingerprint density at radius 2 is 1.69 bits per heavy atom. The van der Waals surface area contributed by atoms with E-state index in [1.165, 1.54) is 23.3 Å². The van der Waals surface area contributed by atoms with Crippen molar-refractivity contribution in [2.24, 2.45) is 0 Å². The van der Waals surface area contributed by atoms with E-state index in [4.69, 9.17) is 0 Å². The number of aryl methyl sites for hydroxylation is 1. The summed E-state index contributed by atoms with van der Waals surface area (Å²) in [6.07, 6.45) is 4.81. The molecule has 196 valence electrons. The monoisotopic (exact) mass is 554 g/mol. The topological polar surface area (TPSA) is 60.7 Å². The van der Waals surface area contributed by atoms with E-state index in [0.29, 0.717) is 16.7 Å². The maximum atomic E-state index is 14.1. The van der Waals surface area contributed by atoms with E-state index >= 15 is 0 Å². The normalized spacial score (nSPS) is 13.3. The van der Waals surface area contributed by atoms with Gasteiger partial charge in [-0.15, -0.1) is 21.5 Å². The summed E-state index contributed by atoms with van der Waals surface area (Å²) in [4.78, 5) is 17.2. The minimum absolute atomic E-state index is 0.309. The number of carbonyl (C=O) groups is 1. The summed E-state index contributed by atoms with van der Waals surface area (Å²) in [5, 5.41) is 12.4. The number of hydrogen-bond acceptors (Lipinski definition) is 6. The minimum atomic E-state index is -0.585. The molecule has 6 rings (SSSR count). The number of benzene rings is 3. The van der Waals surface area contributed by atoms with Gasteiger partial charge < -0.3 is 4.79 Å². The number of nitrogens with zero attached hydrogens (tertiary/aromatic N) is 4. The number of thioether (sulfide) groups is 1. The van der Waals surface area contributed by atoms with Crippen LogP contribution in [0.15, 0.2) is 83.3 Å². The summed E-state index contributed by atoms with van der Waals surface area (Å²) < 4.78 is 16.0. The van der Waals surface area contributed by atoms with Crippen molar-refractivity contribution >= 4 is 29.4 Å². The second-order valence-corrected chi connectivity index (χ2v) is 11.8. The van der Waals surface area contributed by atoms with Gasteiger partial charge >= 0.3 is 0 Å². The standard InChI is InChI=1S/C31H27FN4OS2/c1-21-33-28(19-39-21)29-34-35-30(36(29)23-11-9-10-22(32)18-23)38-17-8-2-7-16-31(20-37)26-14-5-3-12-24(26)25-13-4-6-15-27(25)31/h3-6,9-15,18-20H,2,7-8,16-17H2,1H3. The van der Waals surface area contributed by atoms with Gasteiger partial charge in [-0.25, -0.2) is 9.37 Å². The summed E-state index contributed by atoms with van der Waals surface area (Å²) in [7, 11) is 0. The zero-order valence-electron chi connectivity index (χ0n) is 21.5. The van der Waals surface area contributed by atoms with Crippen LogP contribution in [0.3, 0.4) is 0 Å². The zero-order valence-corrected chi connectivity index (χ0v) is 23.1. The molecule has 8 heteroatoms. The summed E-state index contributed by atoms with van der Waals surface area (Å²) in [6, 6.07) is 23.0. The molecule has 0 spiro atoms. The zero-order chi connectivity index (χ0) is 26.8. The van der Waals surface area contributed by atoms with Gasteiger partial charge in [-0.1, -0.05) is 79.2 Å². The smallest absolute Gasteiger partial charge is 0.196 e. The lowest BCUT2D eigenvalue weighted by Gasteiger charge is -2.25. The molecule has 39 heavy (non-hydrogen) atoms. The number of carbonyl (C=O) groups excluding carboxylic acids is 1. The Labute approximate surface area is 235 Å². The van der Waals surface area contributed by atoms with E-state index in [2.05, 4.69) is 39.4 Å². The van der Waals surface area contributed by atoms with Crippen LogP contribution in [0.2, 0.25) is 0 Å². The largest absolute Gasteiger partial charge is 0.302 e. The SMILES string of the molecule is Cc1nc(-c2nnc(SCCCCCC3(C=O)c4ccccc4-c4ccccc43)n2-c2cccc(F)c2)cs1. The molecule has 5 aromatic rings. The van der Waals surface area contributed by atoms with Crippen LogP contribution in [-0.4, -0.2) is 31.8 Å². The van der Waals surface area contributed by atoms with E-state index < -0.39 is 5.41 Å². The van der Waals surface area contributed by atoms with Crippen molar-refractivity contribution in [2.45, 2.75) is 43.2 Å². The Bertz CT molecular complexity index is 1600. The van der Waals surface area contributed by atoms with Crippen LogP contribution >= 0.6 is 23.1 Å². The Balaban J connectivity index is 1.14. The predicted octanol–water partition coefficient (Wildman–Crippen LogP) is 7.66. The average Bonchev–Trinajstić information content (AvgIpc) is 3.65. The molecule has 0 radical (unpaired) electrons. The summed E-state index contributed by atoms with van der Waals surface area (Å²) in [5.74, 6) is 1.14. The van der Waals surface area contributed by atoms with Crippen LogP contribution < -0.4 is 0 Å². The Hall–Kier alpha value is -3.62. The number of halogens is 1. The first kappa shape index (κ1) is 25.6. The van der Waals surface area contributed by atoms with Crippen molar-refractivity contribution in [3.63, 3.8) is 0 Å². The lowest BCUT2D eigenvalue weighted by molar-refractivity contribution is -0.111. The van der Waals surface area contributed by atoms with Gasteiger partial charge in [0.05, 0.1) is 16.1 Å². The van der Waals surface area contributed by atoms with E-state index in [9.17, 15) is 9.18 Å². The van der Waals surface area contributed by atoms with E-state index in [1.54, 1.807) is 29.2 Å². The summed E-state index contributed by atoms with van der Waals surface area (Å²) in [6.45, 7) is 1.95. The molecule has 3 aromatic carbocycles. The molecule has 0 N–H and O–H groups in total. The number of hydrogen-bond donors (Lipinski definition) is 0. The lowest BCUT2D eigenvalue weighted by Crippen LogP contribution is -2.27. The van der Waals surface area contributed by atoms with Gasteiger partial charge in [0.1, 0.15) is 17.8 Å². The molecule has 0 bridgehead atoms. The van der Waals surface area contributed by atoms with Crippen LogP contribution in [0.4, 0.5) is 4.39 Å².